The molecule has 0 saturated heterocycles. The van der Waals surface area contributed by atoms with E-state index >= 15 is 0 Å². The summed E-state index contributed by atoms with van der Waals surface area (Å²) in [4.78, 5) is 7.59. The number of nitrogens with zero attached hydrogens (tertiary/aromatic N) is 3. The van der Waals surface area contributed by atoms with Crippen LogP contribution in [0, 0.1) is 0 Å². The van der Waals surface area contributed by atoms with Gasteiger partial charge < -0.3 is 4.57 Å². The fourth-order valence-electron chi connectivity index (χ4n) is 4.71. The standard InChI is InChI=1S/C26H21N3/c1-28-16-21-26-24(20-14-8-9-15-22(20)29(26)17-28)23(18-10-4-2-5-11-18)25(27-21)19-12-6-3-7-13-19/h2-15H,16-17H2,1H3. The molecule has 1 aliphatic heterocycles. The first-order valence-corrected chi connectivity index (χ1v) is 10.0. The number of hydrogen-bond acceptors (Lipinski definition) is 2. The summed E-state index contributed by atoms with van der Waals surface area (Å²) in [6.45, 7) is 1.75. The van der Waals surface area contributed by atoms with Crippen molar-refractivity contribution in [1.82, 2.24) is 14.5 Å². The highest BCUT2D eigenvalue weighted by Gasteiger charge is 2.26. The van der Waals surface area contributed by atoms with Crippen LogP contribution in [0.5, 0.6) is 0 Å². The predicted octanol–water partition coefficient (Wildman–Crippen LogP) is 5.93. The minimum absolute atomic E-state index is 0.863. The molecule has 0 aliphatic carbocycles. The lowest BCUT2D eigenvalue weighted by molar-refractivity contribution is 0.254. The molecule has 3 heteroatoms. The molecular weight excluding hydrogens is 354 g/mol. The van der Waals surface area contributed by atoms with Crippen molar-refractivity contribution >= 4 is 21.8 Å². The Morgan fingerprint density at radius 3 is 2.17 bits per heavy atom. The maximum absolute atomic E-state index is 5.26. The van der Waals surface area contributed by atoms with Crippen molar-refractivity contribution in [3.05, 3.63) is 90.6 Å². The zero-order valence-electron chi connectivity index (χ0n) is 16.3. The monoisotopic (exact) mass is 375 g/mol. The van der Waals surface area contributed by atoms with Crippen molar-refractivity contribution in [3.63, 3.8) is 0 Å². The molecule has 3 nitrogen and oxygen atoms in total. The van der Waals surface area contributed by atoms with Gasteiger partial charge in [-0.15, -0.1) is 0 Å². The lowest BCUT2D eigenvalue weighted by Crippen LogP contribution is -2.27. The molecular formula is C26H21N3. The summed E-state index contributed by atoms with van der Waals surface area (Å²) in [6, 6.07) is 30.0. The van der Waals surface area contributed by atoms with Gasteiger partial charge in [-0.25, -0.2) is 4.98 Å². The Balaban J connectivity index is 1.85. The van der Waals surface area contributed by atoms with Crippen LogP contribution in [0.1, 0.15) is 5.69 Å². The molecule has 0 bridgehead atoms. The van der Waals surface area contributed by atoms with E-state index in [1.807, 2.05) is 0 Å². The Labute approximate surface area is 169 Å². The van der Waals surface area contributed by atoms with Crippen LogP contribution in [-0.2, 0) is 13.2 Å². The summed E-state index contributed by atoms with van der Waals surface area (Å²) in [5.41, 5.74) is 8.39. The number of aromatic nitrogens is 2. The Morgan fingerprint density at radius 1 is 0.759 bits per heavy atom. The Morgan fingerprint density at radius 2 is 1.41 bits per heavy atom. The van der Waals surface area contributed by atoms with Crippen molar-refractivity contribution < 1.29 is 0 Å². The highest BCUT2D eigenvalue weighted by Crippen LogP contribution is 2.44. The molecule has 1 aliphatic rings. The van der Waals surface area contributed by atoms with Crippen LogP contribution in [0.4, 0.5) is 0 Å². The average molecular weight is 375 g/mol. The summed E-state index contributed by atoms with van der Waals surface area (Å²) in [5, 5.41) is 2.63. The van der Waals surface area contributed by atoms with Gasteiger partial charge in [0, 0.05) is 28.4 Å². The molecule has 0 atom stereocenters. The molecule has 29 heavy (non-hydrogen) atoms. The Kier molecular flexibility index (Phi) is 3.58. The largest absolute Gasteiger partial charge is 0.325 e. The third kappa shape index (κ3) is 2.44. The fraction of sp³-hybridized carbons (Fsp3) is 0.115. The third-order valence-corrected chi connectivity index (χ3v) is 5.89. The van der Waals surface area contributed by atoms with Crippen molar-refractivity contribution in [1.29, 1.82) is 0 Å². The number of para-hydroxylation sites is 1. The molecule has 0 fully saturated rings. The van der Waals surface area contributed by atoms with Gasteiger partial charge in [-0.2, -0.15) is 0 Å². The fourth-order valence-corrected chi connectivity index (χ4v) is 4.71. The van der Waals surface area contributed by atoms with Crippen LogP contribution < -0.4 is 0 Å². The molecule has 0 unspecified atom stereocenters. The van der Waals surface area contributed by atoms with E-state index in [1.165, 1.54) is 32.9 Å². The summed E-state index contributed by atoms with van der Waals surface area (Å²) >= 11 is 0. The van der Waals surface area contributed by atoms with E-state index in [9.17, 15) is 0 Å². The average Bonchev–Trinajstić information content (AvgIpc) is 3.10. The second-order valence-corrected chi connectivity index (χ2v) is 7.84. The van der Waals surface area contributed by atoms with Gasteiger partial charge in [0.25, 0.3) is 0 Å². The summed E-state index contributed by atoms with van der Waals surface area (Å²) < 4.78 is 2.43. The number of fused-ring (bicyclic) bond motifs is 3. The maximum Gasteiger partial charge on any atom is 0.0795 e. The van der Waals surface area contributed by atoms with E-state index in [0.717, 1.165) is 30.2 Å². The lowest BCUT2D eigenvalue weighted by Gasteiger charge is -2.26. The van der Waals surface area contributed by atoms with Gasteiger partial charge in [-0.05, 0) is 18.7 Å². The molecule has 3 aromatic carbocycles. The molecule has 0 saturated carbocycles. The van der Waals surface area contributed by atoms with Crippen LogP contribution in [0.3, 0.4) is 0 Å². The first-order valence-electron chi connectivity index (χ1n) is 10.0. The molecule has 2 aromatic heterocycles. The van der Waals surface area contributed by atoms with Gasteiger partial charge in [0.2, 0.25) is 0 Å². The number of benzene rings is 3. The molecule has 0 spiro atoms. The third-order valence-electron chi connectivity index (χ3n) is 5.89. The predicted molar refractivity (Wildman–Crippen MR) is 120 cm³/mol. The highest BCUT2D eigenvalue weighted by molar-refractivity contribution is 6.18. The van der Waals surface area contributed by atoms with Crippen molar-refractivity contribution in [3.8, 4) is 22.4 Å². The second kappa shape index (κ2) is 6.29. The van der Waals surface area contributed by atoms with Crippen molar-refractivity contribution in [2.75, 3.05) is 7.05 Å². The molecule has 3 heterocycles. The summed E-state index contributed by atoms with van der Waals surface area (Å²) in [6.07, 6.45) is 0. The van der Waals surface area contributed by atoms with E-state index in [1.54, 1.807) is 0 Å². The van der Waals surface area contributed by atoms with Crippen LogP contribution in [0.15, 0.2) is 84.9 Å². The zero-order valence-corrected chi connectivity index (χ0v) is 16.3. The van der Waals surface area contributed by atoms with Crippen LogP contribution in [0.2, 0.25) is 0 Å². The van der Waals surface area contributed by atoms with Gasteiger partial charge in [0.15, 0.2) is 0 Å². The van der Waals surface area contributed by atoms with E-state index in [0.29, 0.717) is 0 Å². The number of hydrogen-bond donors (Lipinski definition) is 0. The van der Waals surface area contributed by atoms with Crippen LogP contribution >= 0.6 is 0 Å². The molecule has 6 rings (SSSR count). The quantitative estimate of drug-likeness (QED) is 0.381. The smallest absolute Gasteiger partial charge is 0.0795 e. The van der Waals surface area contributed by atoms with Gasteiger partial charge in [-0.1, -0.05) is 78.9 Å². The van der Waals surface area contributed by atoms with Gasteiger partial charge in [-0.3, -0.25) is 4.90 Å². The SMILES string of the molecule is CN1Cc2nc(-c3ccccc3)c(-c3ccccc3)c3c4ccccc4n(c23)C1. The molecule has 5 aromatic rings. The molecule has 0 amide bonds. The highest BCUT2D eigenvalue weighted by atomic mass is 15.3. The van der Waals surface area contributed by atoms with Crippen LogP contribution in [0.25, 0.3) is 44.2 Å². The Bertz CT molecular complexity index is 1350. The summed E-state index contributed by atoms with van der Waals surface area (Å²) in [7, 11) is 2.17. The first-order chi connectivity index (χ1) is 14.3. The van der Waals surface area contributed by atoms with E-state index < -0.39 is 0 Å². The summed E-state index contributed by atoms with van der Waals surface area (Å²) in [5.74, 6) is 0. The number of pyridine rings is 1. The lowest BCUT2D eigenvalue weighted by atomic mass is 9.93. The van der Waals surface area contributed by atoms with Gasteiger partial charge in [0.1, 0.15) is 0 Å². The minimum atomic E-state index is 0.863. The van der Waals surface area contributed by atoms with Gasteiger partial charge in [0.05, 0.1) is 29.1 Å². The second-order valence-electron chi connectivity index (χ2n) is 7.84. The molecule has 0 N–H and O–H groups in total. The first kappa shape index (κ1) is 16.5. The zero-order chi connectivity index (χ0) is 19.4. The van der Waals surface area contributed by atoms with E-state index in [2.05, 4.69) is 101 Å². The Hall–Kier alpha value is -3.43. The molecule has 0 radical (unpaired) electrons. The van der Waals surface area contributed by atoms with Crippen LogP contribution in [-0.4, -0.2) is 21.5 Å². The van der Waals surface area contributed by atoms with E-state index in [-0.39, 0.29) is 0 Å². The molecule has 140 valence electrons. The normalized spacial score (nSPS) is 14.0. The van der Waals surface area contributed by atoms with E-state index in [4.69, 9.17) is 4.98 Å². The topological polar surface area (TPSA) is 21.1 Å². The maximum atomic E-state index is 5.26. The number of rotatable bonds is 2. The van der Waals surface area contributed by atoms with Gasteiger partial charge >= 0.3 is 0 Å². The minimum Gasteiger partial charge on any atom is -0.325 e. The van der Waals surface area contributed by atoms with Crippen molar-refractivity contribution in [2.24, 2.45) is 0 Å². The van der Waals surface area contributed by atoms with Crippen molar-refractivity contribution in [2.45, 2.75) is 13.2 Å².